The standard InChI is InChI=1S/C12H17N7O/c1-3-20-12-17-10(16-11(18-12)19-13)15-7-9-5-4-8(2)14-6-9/h4-6H,3,7,13H2,1-2H3,(H2,15,16,17,18,19). The molecule has 0 radical (unpaired) electrons. The highest BCUT2D eigenvalue weighted by Crippen LogP contribution is 2.11. The lowest BCUT2D eigenvalue weighted by Gasteiger charge is -2.08. The normalized spacial score (nSPS) is 10.2. The van der Waals surface area contributed by atoms with Crippen molar-refractivity contribution in [2.24, 2.45) is 5.84 Å². The van der Waals surface area contributed by atoms with Crippen LogP contribution in [0.3, 0.4) is 0 Å². The van der Waals surface area contributed by atoms with Gasteiger partial charge >= 0.3 is 6.01 Å². The van der Waals surface area contributed by atoms with Crippen molar-refractivity contribution in [1.29, 1.82) is 0 Å². The summed E-state index contributed by atoms with van der Waals surface area (Å²) in [4.78, 5) is 16.4. The predicted molar refractivity (Wildman–Crippen MR) is 75.1 cm³/mol. The van der Waals surface area contributed by atoms with Crippen LogP contribution in [-0.4, -0.2) is 26.5 Å². The van der Waals surface area contributed by atoms with Crippen LogP contribution in [0.25, 0.3) is 0 Å². The van der Waals surface area contributed by atoms with Gasteiger partial charge in [-0.25, -0.2) is 5.84 Å². The maximum absolute atomic E-state index is 5.31. The van der Waals surface area contributed by atoms with Gasteiger partial charge in [-0.1, -0.05) is 6.07 Å². The van der Waals surface area contributed by atoms with Gasteiger partial charge in [0.1, 0.15) is 0 Å². The van der Waals surface area contributed by atoms with Gasteiger partial charge in [-0.05, 0) is 25.5 Å². The van der Waals surface area contributed by atoms with Crippen molar-refractivity contribution in [3.8, 4) is 6.01 Å². The summed E-state index contributed by atoms with van der Waals surface area (Å²) in [6.45, 7) is 4.81. The maximum atomic E-state index is 5.31. The highest BCUT2D eigenvalue weighted by molar-refractivity contribution is 5.35. The Morgan fingerprint density at radius 2 is 2.00 bits per heavy atom. The van der Waals surface area contributed by atoms with Gasteiger partial charge in [-0.2, -0.15) is 15.0 Å². The molecule has 0 aliphatic heterocycles. The van der Waals surface area contributed by atoms with Crippen LogP contribution in [0.2, 0.25) is 0 Å². The average Bonchev–Trinajstić information content (AvgIpc) is 2.47. The minimum Gasteiger partial charge on any atom is -0.464 e. The van der Waals surface area contributed by atoms with E-state index in [4.69, 9.17) is 10.6 Å². The van der Waals surface area contributed by atoms with E-state index in [0.29, 0.717) is 19.1 Å². The fraction of sp³-hybridized carbons (Fsp3) is 0.333. The smallest absolute Gasteiger partial charge is 0.323 e. The van der Waals surface area contributed by atoms with Crippen molar-refractivity contribution < 1.29 is 4.74 Å². The van der Waals surface area contributed by atoms with E-state index in [1.165, 1.54) is 0 Å². The van der Waals surface area contributed by atoms with E-state index in [-0.39, 0.29) is 12.0 Å². The van der Waals surface area contributed by atoms with Crippen molar-refractivity contribution in [3.05, 3.63) is 29.6 Å². The number of hydrogen-bond acceptors (Lipinski definition) is 8. The molecular formula is C12H17N7O. The highest BCUT2D eigenvalue weighted by atomic mass is 16.5. The van der Waals surface area contributed by atoms with E-state index in [9.17, 15) is 0 Å². The van der Waals surface area contributed by atoms with Crippen LogP contribution >= 0.6 is 0 Å². The summed E-state index contributed by atoms with van der Waals surface area (Å²) in [5, 5.41) is 3.08. The molecule has 2 heterocycles. The lowest BCUT2D eigenvalue weighted by Crippen LogP contribution is -2.14. The number of pyridine rings is 1. The summed E-state index contributed by atoms with van der Waals surface area (Å²) in [7, 11) is 0. The van der Waals surface area contributed by atoms with E-state index in [0.717, 1.165) is 11.3 Å². The van der Waals surface area contributed by atoms with Gasteiger partial charge in [0.15, 0.2) is 0 Å². The first-order valence-electron chi connectivity index (χ1n) is 6.22. The average molecular weight is 275 g/mol. The van der Waals surface area contributed by atoms with Crippen molar-refractivity contribution in [1.82, 2.24) is 19.9 Å². The third-order valence-electron chi connectivity index (χ3n) is 2.44. The second-order valence-corrected chi connectivity index (χ2v) is 4.00. The van der Waals surface area contributed by atoms with E-state index in [1.54, 1.807) is 6.20 Å². The molecule has 0 saturated carbocycles. The first-order valence-corrected chi connectivity index (χ1v) is 6.22. The fourth-order valence-electron chi connectivity index (χ4n) is 1.48. The molecule has 2 aromatic rings. The number of aromatic nitrogens is 4. The number of hydrogen-bond donors (Lipinski definition) is 3. The number of nitrogen functional groups attached to an aromatic ring is 1. The fourth-order valence-corrected chi connectivity index (χ4v) is 1.48. The number of anilines is 2. The predicted octanol–water partition coefficient (Wildman–Crippen LogP) is 0.871. The van der Waals surface area contributed by atoms with Crippen molar-refractivity contribution in [2.75, 3.05) is 17.3 Å². The minimum atomic E-state index is 0.222. The largest absolute Gasteiger partial charge is 0.464 e. The summed E-state index contributed by atoms with van der Waals surface area (Å²) in [5.74, 6) is 5.94. The van der Waals surface area contributed by atoms with Crippen molar-refractivity contribution in [3.63, 3.8) is 0 Å². The second kappa shape index (κ2) is 6.62. The Morgan fingerprint density at radius 3 is 2.65 bits per heavy atom. The van der Waals surface area contributed by atoms with Crippen LogP contribution in [0.5, 0.6) is 6.01 Å². The lowest BCUT2D eigenvalue weighted by atomic mass is 10.2. The molecular weight excluding hydrogens is 258 g/mol. The van der Waals surface area contributed by atoms with Gasteiger partial charge in [0.05, 0.1) is 6.61 Å². The maximum Gasteiger partial charge on any atom is 0.323 e. The Labute approximate surface area is 116 Å². The van der Waals surface area contributed by atoms with Crippen LogP contribution in [-0.2, 0) is 6.54 Å². The molecule has 20 heavy (non-hydrogen) atoms. The molecule has 8 heteroatoms. The molecule has 0 unspecified atom stereocenters. The molecule has 4 N–H and O–H groups in total. The molecule has 0 spiro atoms. The Morgan fingerprint density at radius 1 is 1.20 bits per heavy atom. The first-order chi connectivity index (χ1) is 9.71. The SMILES string of the molecule is CCOc1nc(NN)nc(NCc2ccc(C)nc2)n1. The number of nitrogens with two attached hydrogens (primary N) is 1. The van der Waals surface area contributed by atoms with Crippen LogP contribution < -0.4 is 21.3 Å². The highest BCUT2D eigenvalue weighted by Gasteiger charge is 2.06. The Bertz CT molecular complexity index is 558. The van der Waals surface area contributed by atoms with E-state index >= 15 is 0 Å². The number of hydrazine groups is 1. The Kier molecular flexibility index (Phi) is 4.61. The number of nitrogens with zero attached hydrogens (tertiary/aromatic N) is 4. The van der Waals surface area contributed by atoms with Crippen molar-refractivity contribution in [2.45, 2.75) is 20.4 Å². The molecule has 0 fully saturated rings. The van der Waals surface area contributed by atoms with Gasteiger partial charge in [0, 0.05) is 18.4 Å². The summed E-state index contributed by atoms with van der Waals surface area (Å²) in [6, 6.07) is 4.16. The topological polar surface area (TPSA) is 111 Å². The van der Waals surface area contributed by atoms with Crippen molar-refractivity contribution >= 4 is 11.9 Å². The molecule has 2 rings (SSSR count). The second-order valence-electron chi connectivity index (χ2n) is 4.00. The van der Waals surface area contributed by atoms with E-state index in [1.807, 2.05) is 26.0 Å². The molecule has 2 aromatic heterocycles. The number of aryl methyl sites for hydroxylation is 1. The summed E-state index contributed by atoms with van der Waals surface area (Å²) < 4.78 is 5.25. The Balaban J connectivity index is 2.07. The molecule has 0 aliphatic carbocycles. The number of rotatable bonds is 6. The lowest BCUT2D eigenvalue weighted by molar-refractivity contribution is 0.312. The zero-order chi connectivity index (χ0) is 14.4. The molecule has 0 amide bonds. The number of nitrogens with one attached hydrogen (secondary N) is 2. The van der Waals surface area contributed by atoms with Gasteiger partial charge < -0.3 is 10.1 Å². The molecule has 0 atom stereocenters. The third kappa shape index (κ3) is 3.75. The molecule has 106 valence electrons. The van der Waals surface area contributed by atoms with Crippen LogP contribution in [0.15, 0.2) is 18.3 Å². The van der Waals surface area contributed by atoms with Crippen LogP contribution in [0, 0.1) is 6.92 Å². The van der Waals surface area contributed by atoms with E-state index < -0.39 is 0 Å². The van der Waals surface area contributed by atoms with Gasteiger partial charge in [-0.15, -0.1) is 0 Å². The zero-order valence-corrected chi connectivity index (χ0v) is 11.4. The quantitative estimate of drug-likeness (QED) is 0.526. The van der Waals surface area contributed by atoms with Gasteiger partial charge in [0.25, 0.3) is 0 Å². The molecule has 0 bridgehead atoms. The summed E-state index contributed by atoms with van der Waals surface area (Å²) in [6.07, 6.45) is 1.80. The molecule has 0 saturated heterocycles. The van der Waals surface area contributed by atoms with Crippen LogP contribution in [0.4, 0.5) is 11.9 Å². The molecule has 0 aromatic carbocycles. The zero-order valence-electron chi connectivity index (χ0n) is 11.4. The molecule has 8 nitrogen and oxygen atoms in total. The number of ether oxygens (including phenoxy) is 1. The third-order valence-corrected chi connectivity index (χ3v) is 2.44. The summed E-state index contributed by atoms with van der Waals surface area (Å²) in [5.41, 5.74) is 4.38. The van der Waals surface area contributed by atoms with E-state index in [2.05, 4.69) is 30.7 Å². The Hall–Kier alpha value is -2.48. The minimum absolute atomic E-state index is 0.222. The first kappa shape index (κ1) is 13.9. The monoisotopic (exact) mass is 275 g/mol. The summed E-state index contributed by atoms with van der Waals surface area (Å²) >= 11 is 0. The van der Waals surface area contributed by atoms with Gasteiger partial charge in [-0.3, -0.25) is 10.4 Å². The van der Waals surface area contributed by atoms with Gasteiger partial charge in [0.2, 0.25) is 11.9 Å². The van der Waals surface area contributed by atoms with Crippen LogP contribution in [0.1, 0.15) is 18.2 Å². The molecule has 0 aliphatic rings.